The highest BCUT2D eigenvalue weighted by Gasteiger charge is 2.20. The lowest BCUT2D eigenvalue weighted by Gasteiger charge is -2.18. The number of fused-ring (bicyclic) bond motifs is 2. The predicted octanol–water partition coefficient (Wildman–Crippen LogP) is 2.97. The van der Waals surface area contributed by atoms with Crippen LogP contribution >= 0.6 is 0 Å². The van der Waals surface area contributed by atoms with Gasteiger partial charge in [-0.3, -0.25) is 9.78 Å². The zero-order chi connectivity index (χ0) is 23.1. The molecule has 4 aromatic rings. The zero-order valence-electron chi connectivity index (χ0n) is 19.0. The Labute approximate surface area is 191 Å². The molecular formula is C24H28N8O. The van der Waals surface area contributed by atoms with Gasteiger partial charge in [0.05, 0.1) is 11.4 Å². The Balaban J connectivity index is 1.62. The zero-order valence-corrected chi connectivity index (χ0v) is 19.0. The Morgan fingerprint density at radius 1 is 1.12 bits per heavy atom. The molecule has 1 aliphatic heterocycles. The molecule has 3 aromatic heterocycles. The summed E-state index contributed by atoms with van der Waals surface area (Å²) in [7, 11) is 0. The summed E-state index contributed by atoms with van der Waals surface area (Å²) in [5.74, 6) is 0.438. The number of nitrogens with one attached hydrogen (secondary N) is 2. The molecule has 170 valence electrons. The number of benzene rings is 1. The summed E-state index contributed by atoms with van der Waals surface area (Å²) >= 11 is 0. The second-order valence-corrected chi connectivity index (χ2v) is 8.75. The van der Waals surface area contributed by atoms with Crippen LogP contribution < -0.4 is 21.9 Å². The summed E-state index contributed by atoms with van der Waals surface area (Å²) in [6.07, 6.45) is 4.29. The van der Waals surface area contributed by atoms with Crippen LogP contribution in [0.3, 0.4) is 0 Å². The lowest BCUT2D eigenvalue weighted by Crippen LogP contribution is -2.24. The molecule has 4 N–H and O–H groups in total. The molecule has 0 bridgehead atoms. The fourth-order valence-electron chi connectivity index (χ4n) is 4.28. The monoisotopic (exact) mass is 444 g/mol. The Morgan fingerprint density at radius 2 is 1.97 bits per heavy atom. The van der Waals surface area contributed by atoms with Gasteiger partial charge in [0.1, 0.15) is 5.39 Å². The number of rotatable bonds is 5. The van der Waals surface area contributed by atoms with Crippen LogP contribution in [0.5, 0.6) is 0 Å². The van der Waals surface area contributed by atoms with E-state index < -0.39 is 0 Å². The maximum absolute atomic E-state index is 13.2. The Morgan fingerprint density at radius 3 is 2.76 bits per heavy atom. The minimum absolute atomic E-state index is 0.0794. The van der Waals surface area contributed by atoms with E-state index in [4.69, 9.17) is 10.7 Å². The van der Waals surface area contributed by atoms with E-state index in [9.17, 15) is 4.79 Å². The van der Waals surface area contributed by atoms with Crippen molar-refractivity contribution in [1.82, 2.24) is 29.6 Å². The normalized spacial score (nSPS) is 14.5. The van der Waals surface area contributed by atoms with Crippen molar-refractivity contribution in [1.29, 1.82) is 0 Å². The van der Waals surface area contributed by atoms with Gasteiger partial charge in [0.15, 0.2) is 5.65 Å². The van der Waals surface area contributed by atoms with E-state index in [1.54, 1.807) is 17.1 Å². The van der Waals surface area contributed by atoms with Crippen LogP contribution in [-0.4, -0.2) is 30.9 Å². The summed E-state index contributed by atoms with van der Waals surface area (Å²) in [5.41, 5.74) is 11.5. The maximum Gasteiger partial charge on any atom is 0.278 e. The maximum atomic E-state index is 13.2. The second kappa shape index (κ2) is 8.42. The van der Waals surface area contributed by atoms with E-state index in [1.807, 2.05) is 43.7 Å². The second-order valence-electron chi connectivity index (χ2n) is 8.75. The van der Waals surface area contributed by atoms with Gasteiger partial charge in [-0.1, -0.05) is 6.07 Å². The molecule has 0 radical (unpaired) electrons. The Hall–Kier alpha value is -3.56. The minimum Gasteiger partial charge on any atom is -0.324 e. The summed E-state index contributed by atoms with van der Waals surface area (Å²) in [5, 5.41) is 7.16. The smallest absolute Gasteiger partial charge is 0.278 e. The van der Waals surface area contributed by atoms with Gasteiger partial charge in [-0.2, -0.15) is 4.98 Å². The van der Waals surface area contributed by atoms with Crippen LogP contribution in [-0.2, 0) is 13.0 Å². The lowest BCUT2D eigenvalue weighted by atomic mass is 10.0. The number of hydrogen-bond acceptors (Lipinski definition) is 7. The first-order chi connectivity index (χ1) is 15.9. The minimum atomic E-state index is -0.225. The van der Waals surface area contributed by atoms with E-state index in [2.05, 4.69) is 32.7 Å². The molecule has 0 saturated carbocycles. The van der Waals surface area contributed by atoms with Crippen molar-refractivity contribution in [2.45, 2.75) is 45.8 Å². The van der Waals surface area contributed by atoms with Crippen molar-refractivity contribution in [3.8, 4) is 5.69 Å². The van der Waals surface area contributed by atoms with Crippen molar-refractivity contribution < 1.29 is 0 Å². The quantitative estimate of drug-likeness (QED) is 0.433. The number of aromatic nitrogens is 5. The molecule has 1 atom stereocenters. The molecule has 33 heavy (non-hydrogen) atoms. The SMILES string of the molecule is CC(N)c1cc(-n2c3nc(Nc4ccc5c(c4)CCNC5)ncc3c(=O)n2C(C)C)ccn1. The first-order valence-corrected chi connectivity index (χ1v) is 11.2. The van der Waals surface area contributed by atoms with Crippen LogP contribution in [0.1, 0.15) is 49.7 Å². The van der Waals surface area contributed by atoms with Gasteiger partial charge in [0.2, 0.25) is 5.95 Å². The van der Waals surface area contributed by atoms with Gasteiger partial charge >= 0.3 is 0 Å². The molecule has 9 heteroatoms. The van der Waals surface area contributed by atoms with Crippen molar-refractivity contribution in [3.63, 3.8) is 0 Å². The third-order valence-corrected chi connectivity index (χ3v) is 5.94. The van der Waals surface area contributed by atoms with Crippen LogP contribution in [0.15, 0.2) is 47.5 Å². The van der Waals surface area contributed by atoms with E-state index in [-0.39, 0.29) is 17.6 Å². The van der Waals surface area contributed by atoms with Crippen LogP contribution in [0.2, 0.25) is 0 Å². The molecule has 0 saturated heterocycles. The van der Waals surface area contributed by atoms with E-state index in [0.717, 1.165) is 36.6 Å². The number of hydrogen-bond donors (Lipinski definition) is 3. The average molecular weight is 445 g/mol. The van der Waals surface area contributed by atoms with Gasteiger partial charge in [-0.05, 0) is 69.1 Å². The van der Waals surface area contributed by atoms with Crippen molar-refractivity contribution >= 4 is 22.7 Å². The largest absolute Gasteiger partial charge is 0.324 e. The molecule has 5 rings (SSSR count). The molecule has 0 spiro atoms. The first kappa shape index (κ1) is 21.3. The van der Waals surface area contributed by atoms with E-state index >= 15 is 0 Å². The summed E-state index contributed by atoms with van der Waals surface area (Å²) in [6.45, 7) is 7.69. The van der Waals surface area contributed by atoms with Crippen LogP contribution in [0, 0.1) is 0 Å². The molecule has 4 heterocycles. The van der Waals surface area contributed by atoms with Gasteiger partial charge in [0, 0.05) is 36.7 Å². The molecule has 1 aliphatic rings. The number of nitrogens with two attached hydrogens (primary N) is 1. The van der Waals surface area contributed by atoms with Gasteiger partial charge < -0.3 is 16.4 Å². The molecule has 9 nitrogen and oxygen atoms in total. The highest BCUT2D eigenvalue weighted by Crippen LogP contribution is 2.24. The highest BCUT2D eigenvalue weighted by atomic mass is 16.1. The molecular weight excluding hydrogens is 416 g/mol. The number of nitrogens with zero attached hydrogens (tertiary/aromatic N) is 5. The van der Waals surface area contributed by atoms with Gasteiger partial charge in [-0.15, -0.1) is 0 Å². The van der Waals surface area contributed by atoms with Crippen LogP contribution in [0.25, 0.3) is 16.7 Å². The first-order valence-electron chi connectivity index (χ1n) is 11.2. The Kier molecular flexibility index (Phi) is 5.43. The molecule has 0 amide bonds. The Bertz CT molecular complexity index is 1390. The molecule has 1 unspecified atom stereocenters. The molecule has 0 aliphatic carbocycles. The van der Waals surface area contributed by atoms with Crippen molar-refractivity contribution in [3.05, 3.63) is 69.9 Å². The molecule has 1 aromatic carbocycles. The number of pyridine rings is 1. The van der Waals surface area contributed by atoms with E-state index in [1.165, 1.54) is 11.1 Å². The lowest BCUT2D eigenvalue weighted by molar-refractivity contribution is 0.475. The third kappa shape index (κ3) is 3.90. The average Bonchev–Trinajstić information content (AvgIpc) is 3.11. The molecule has 0 fully saturated rings. The van der Waals surface area contributed by atoms with Crippen LogP contribution in [0.4, 0.5) is 11.6 Å². The van der Waals surface area contributed by atoms with E-state index in [0.29, 0.717) is 17.0 Å². The highest BCUT2D eigenvalue weighted by molar-refractivity contribution is 5.77. The predicted molar refractivity (Wildman–Crippen MR) is 129 cm³/mol. The van der Waals surface area contributed by atoms with Crippen molar-refractivity contribution in [2.24, 2.45) is 5.73 Å². The fourth-order valence-corrected chi connectivity index (χ4v) is 4.28. The number of anilines is 2. The van der Waals surface area contributed by atoms with Crippen molar-refractivity contribution in [2.75, 3.05) is 11.9 Å². The van der Waals surface area contributed by atoms with Gasteiger partial charge in [0.25, 0.3) is 5.56 Å². The summed E-state index contributed by atoms with van der Waals surface area (Å²) < 4.78 is 3.52. The van der Waals surface area contributed by atoms with Gasteiger partial charge in [-0.25, -0.2) is 14.3 Å². The topological polar surface area (TPSA) is 116 Å². The fraction of sp³-hybridized carbons (Fsp3) is 0.333. The standard InChI is InChI=1S/C24H28N8O/c1-14(2)31-23(33)20-13-28-24(29-18-5-4-17-12-26-8-6-16(17)10-18)30-22(20)32(31)19-7-9-27-21(11-19)15(3)25/h4-5,7,9-11,13-15,26H,6,8,12,25H2,1-3H3,(H,28,29,30). The summed E-state index contributed by atoms with van der Waals surface area (Å²) in [6, 6.07) is 9.75. The third-order valence-electron chi connectivity index (χ3n) is 5.94. The summed E-state index contributed by atoms with van der Waals surface area (Å²) in [4.78, 5) is 26.8.